The third-order valence-electron chi connectivity index (χ3n) is 5.29. The Labute approximate surface area is 212 Å². The van der Waals surface area contributed by atoms with Crippen LogP contribution in [-0.4, -0.2) is 62.3 Å². The van der Waals surface area contributed by atoms with Gasteiger partial charge in [-0.15, -0.1) is 0 Å². The number of esters is 1. The molecule has 1 aliphatic heterocycles. The molecule has 14 heteroatoms. The van der Waals surface area contributed by atoms with Crippen molar-refractivity contribution in [3.63, 3.8) is 0 Å². The van der Waals surface area contributed by atoms with E-state index in [-0.39, 0.29) is 10.5 Å². The molecule has 0 aliphatic carbocycles. The number of carbonyl (C=O) groups is 1. The number of benzene rings is 1. The van der Waals surface area contributed by atoms with Gasteiger partial charge in [0.2, 0.25) is 0 Å². The van der Waals surface area contributed by atoms with Gasteiger partial charge in [-0.2, -0.15) is 5.09 Å². The Morgan fingerprint density at radius 3 is 2.58 bits per heavy atom. The Morgan fingerprint density at radius 1 is 1.31 bits per heavy atom. The number of ether oxygens (including phenoxy) is 2. The molecule has 1 aromatic heterocycles. The number of nitrogens with zero attached hydrogens (tertiary/aromatic N) is 1. The molecule has 1 aromatic carbocycles. The Bertz CT molecular complexity index is 1220. The Kier molecular flexibility index (Phi) is 8.88. The monoisotopic (exact) mass is 543 g/mol. The van der Waals surface area contributed by atoms with Crippen molar-refractivity contribution >= 4 is 25.9 Å². The van der Waals surface area contributed by atoms with E-state index < -0.39 is 62.1 Å². The molecular formula is C22H30N3O9PS. The Hall–Kier alpha value is -2.38. The van der Waals surface area contributed by atoms with Crippen LogP contribution in [0.25, 0.3) is 0 Å². The molecule has 1 aliphatic rings. The van der Waals surface area contributed by atoms with Crippen LogP contribution >= 0.6 is 20.0 Å². The van der Waals surface area contributed by atoms with Crippen molar-refractivity contribution in [3.05, 3.63) is 57.7 Å². The summed E-state index contributed by atoms with van der Waals surface area (Å²) in [6, 6.07) is 8.29. The molecule has 0 saturated carbocycles. The zero-order valence-electron chi connectivity index (χ0n) is 20.2. The predicted octanol–water partition coefficient (Wildman–Crippen LogP) is 2.05. The van der Waals surface area contributed by atoms with E-state index in [2.05, 4.69) is 10.1 Å². The molecule has 2 heterocycles. The zero-order valence-corrected chi connectivity index (χ0v) is 21.9. The predicted molar refractivity (Wildman–Crippen MR) is 131 cm³/mol. The largest absolute Gasteiger partial charge is 0.462 e. The number of aliphatic hydroxyl groups excluding tert-OH is 1. The average molecular weight is 544 g/mol. The van der Waals surface area contributed by atoms with Crippen molar-refractivity contribution in [2.75, 3.05) is 6.61 Å². The lowest BCUT2D eigenvalue weighted by Gasteiger charge is -2.28. The molecule has 0 amide bonds. The third-order valence-corrected chi connectivity index (χ3v) is 7.25. The van der Waals surface area contributed by atoms with Crippen LogP contribution in [0.1, 0.15) is 33.9 Å². The quantitative estimate of drug-likeness (QED) is 0.197. The number of hydrogen-bond acceptors (Lipinski definition) is 10. The van der Waals surface area contributed by atoms with Crippen LogP contribution in [0.2, 0.25) is 0 Å². The molecule has 1 fully saturated rings. The fourth-order valence-corrected chi connectivity index (χ4v) is 5.25. The molecule has 2 aromatic rings. The summed E-state index contributed by atoms with van der Waals surface area (Å²) in [5.74, 6) is -0.465. The third kappa shape index (κ3) is 6.68. The highest BCUT2D eigenvalue weighted by molar-refractivity contribution is 7.71. The molecule has 12 nitrogen and oxygen atoms in total. The van der Waals surface area contributed by atoms with Gasteiger partial charge in [0.05, 0.1) is 12.7 Å². The fourth-order valence-electron chi connectivity index (χ4n) is 3.50. The molecule has 0 radical (unpaired) electrons. The van der Waals surface area contributed by atoms with Crippen LogP contribution in [0.4, 0.5) is 0 Å². The lowest BCUT2D eigenvalue weighted by molar-refractivity contribution is -0.149. The first kappa shape index (κ1) is 28.2. The van der Waals surface area contributed by atoms with Crippen molar-refractivity contribution in [3.8, 4) is 5.75 Å². The van der Waals surface area contributed by atoms with E-state index in [1.165, 1.54) is 30.7 Å². The lowest BCUT2D eigenvalue weighted by atomic mass is 9.96. The molecule has 1 saturated heterocycles. The minimum absolute atomic E-state index is 0.0289. The summed E-state index contributed by atoms with van der Waals surface area (Å²) in [5, 5.41) is 24.2. The maximum atomic E-state index is 13.6. The molecule has 36 heavy (non-hydrogen) atoms. The van der Waals surface area contributed by atoms with E-state index in [1.807, 2.05) is 0 Å². The number of para-hydroxylation sites is 1. The van der Waals surface area contributed by atoms with Crippen LogP contribution in [0, 0.1) is 4.77 Å². The highest BCUT2D eigenvalue weighted by Gasteiger charge is 2.53. The number of carbonyl (C=O) groups excluding carboxylic acids is 1. The van der Waals surface area contributed by atoms with E-state index in [9.17, 15) is 24.4 Å². The Balaban J connectivity index is 1.80. The lowest BCUT2D eigenvalue weighted by Crippen LogP contribution is -2.45. The van der Waals surface area contributed by atoms with Crippen LogP contribution in [0.3, 0.4) is 0 Å². The summed E-state index contributed by atoms with van der Waals surface area (Å²) >= 11 is 5.14. The topological polar surface area (TPSA) is 161 Å². The second-order valence-electron chi connectivity index (χ2n) is 8.75. The Morgan fingerprint density at radius 2 is 1.97 bits per heavy atom. The highest BCUT2D eigenvalue weighted by atomic mass is 32.1. The van der Waals surface area contributed by atoms with E-state index in [0.29, 0.717) is 0 Å². The second kappa shape index (κ2) is 11.3. The van der Waals surface area contributed by atoms with Gasteiger partial charge in [0.15, 0.2) is 11.0 Å². The highest BCUT2D eigenvalue weighted by Crippen LogP contribution is 2.47. The van der Waals surface area contributed by atoms with Gasteiger partial charge in [0.1, 0.15) is 29.6 Å². The van der Waals surface area contributed by atoms with Gasteiger partial charge in [-0.25, -0.2) is 4.57 Å². The van der Waals surface area contributed by atoms with Crippen LogP contribution < -0.4 is 15.2 Å². The number of hydrogen-bond donors (Lipinski definition) is 4. The standard InChI is InChI=1S/C22H30N3O9PS/c1-13(2)32-19(28)14(3)24-35(30,34-15-8-6-5-7-9-15)31-12-16-18(27)22(4,29)20(33-16)25-11-10-17(26)23-21(25)36/h5-11,13-14,16,18,20,27,29H,12H2,1-4H3,(H,24,30)(H,23,26,36)/t14-,16+,18+,20+,22+,35?/m0/s1. The maximum absolute atomic E-state index is 13.6. The summed E-state index contributed by atoms with van der Waals surface area (Å²) in [7, 11) is -4.22. The second-order valence-corrected chi connectivity index (χ2v) is 10.8. The van der Waals surface area contributed by atoms with Crippen molar-refractivity contribution in [2.24, 2.45) is 0 Å². The van der Waals surface area contributed by atoms with E-state index in [1.54, 1.807) is 44.2 Å². The molecule has 6 atom stereocenters. The molecular weight excluding hydrogens is 513 g/mol. The zero-order chi connectivity index (χ0) is 26.7. The minimum Gasteiger partial charge on any atom is -0.462 e. The van der Waals surface area contributed by atoms with Gasteiger partial charge in [0.25, 0.3) is 5.56 Å². The van der Waals surface area contributed by atoms with E-state index in [4.69, 9.17) is 30.7 Å². The van der Waals surface area contributed by atoms with Crippen molar-refractivity contribution in [1.82, 2.24) is 14.6 Å². The van der Waals surface area contributed by atoms with E-state index >= 15 is 0 Å². The van der Waals surface area contributed by atoms with Crippen LogP contribution in [0.5, 0.6) is 5.75 Å². The van der Waals surface area contributed by atoms with Crippen LogP contribution in [0.15, 0.2) is 47.4 Å². The molecule has 3 rings (SSSR count). The van der Waals surface area contributed by atoms with Gasteiger partial charge < -0.3 is 24.2 Å². The molecule has 0 bridgehead atoms. The summed E-state index contributed by atoms with van der Waals surface area (Å²) in [6.07, 6.45) is -2.93. The van der Waals surface area contributed by atoms with Crippen LogP contribution in [-0.2, 0) is 23.4 Å². The molecule has 1 unspecified atom stereocenters. The molecule has 0 spiro atoms. The first-order valence-corrected chi connectivity index (χ1v) is 13.1. The van der Waals surface area contributed by atoms with Gasteiger partial charge in [-0.3, -0.25) is 23.7 Å². The maximum Gasteiger partial charge on any atom is 0.459 e. The van der Waals surface area contributed by atoms with Gasteiger partial charge in [-0.05, 0) is 52.0 Å². The normalized spacial score (nSPS) is 26.4. The summed E-state index contributed by atoms with van der Waals surface area (Å²) < 4.78 is 37.0. The number of rotatable bonds is 10. The number of aromatic amines is 1. The van der Waals surface area contributed by atoms with Gasteiger partial charge >= 0.3 is 13.7 Å². The van der Waals surface area contributed by atoms with Crippen molar-refractivity contribution in [2.45, 2.75) is 63.9 Å². The smallest absolute Gasteiger partial charge is 0.459 e. The SMILES string of the molecule is CC(C)OC(=O)[C@H](C)NP(=O)(OC[C@H]1O[C@@H](n2ccc(=O)[nH]c2=S)[C@](C)(O)[C@@H]1O)Oc1ccccc1. The average Bonchev–Trinajstić information content (AvgIpc) is 3.01. The number of aliphatic hydroxyl groups is 2. The first-order chi connectivity index (χ1) is 16.8. The summed E-state index contributed by atoms with van der Waals surface area (Å²) in [5.41, 5.74) is -2.29. The molecule has 198 valence electrons. The minimum atomic E-state index is -4.22. The number of H-pyrrole nitrogens is 1. The summed E-state index contributed by atoms with van der Waals surface area (Å²) in [4.78, 5) is 26.2. The summed E-state index contributed by atoms with van der Waals surface area (Å²) in [6.45, 7) is 5.63. The number of nitrogens with one attached hydrogen (secondary N) is 2. The van der Waals surface area contributed by atoms with Gasteiger partial charge in [0, 0.05) is 12.3 Å². The molecule has 4 N–H and O–H groups in total. The first-order valence-electron chi connectivity index (χ1n) is 11.2. The fraction of sp³-hybridized carbons (Fsp3) is 0.500. The van der Waals surface area contributed by atoms with Crippen molar-refractivity contribution < 1.29 is 38.1 Å². The number of aromatic nitrogens is 2. The van der Waals surface area contributed by atoms with Gasteiger partial charge in [-0.1, -0.05) is 18.2 Å². The van der Waals surface area contributed by atoms with E-state index in [0.717, 1.165) is 0 Å². The van der Waals surface area contributed by atoms with Crippen molar-refractivity contribution in [1.29, 1.82) is 0 Å².